The van der Waals surface area contributed by atoms with Crippen molar-refractivity contribution in [3.63, 3.8) is 0 Å². The first-order valence-electron chi connectivity index (χ1n) is 11.1. The van der Waals surface area contributed by atoms with Crippen molar-refractivity contribution in [2.24, 2.45) is 34.5 Å². The molecule has 4 aliphatic rings. The predicted octanol–water partition coefficient (Wildman–Crippen LogP) is 5.28. The van der Waals surface area contributed by atoms with Gasteiger partial charge in [-0.15, -0.1) is 0 Å². The van der Waals surface area contributed by atoms with Crippen LogP contribution in [0.25, 0.3) is 0 Å². The van der Waals surface area contributed by atoms with E-state index in [-0.39, 0.29) is 6.04 Å². The molecule has 0 amide bonds. The minimum atomic E-state index is -3.10. The summed E-state index contributed by atoms with van der Waals surface area (Å²) in [5.41, 5.74) is 4.40. The maximum Gasteiger partial charge on any atom is 0.208 e. The Hall–Kier alpha value is -0.350. The molecule has 27 heavy (non-hydrogen) atoms. The van der Waals surface area contributed by atoms with Gasteiger partial charge in [0.25, 0.3) is 0 Å². The lowest BCUT2D eigenvalue weighted by atomic mass is 9.52. The molecule has 0 saturated heterocycles. The Morgan fingerprint density at radius 1 is 1.04 bits per heavy atom. The summed E-state index contributed by atoms with van der Waals surface area (Å²) < 4.78 is 26.3. The van der Waals surface area contributed by atoms with Crippen LogP contribution in [0.5, 0.6) is 0 Å². The van der Waals surface area contributed by atoms with E-state index in [1.807, 2.05) is 5.57 Å². The van der Waals surface area contributed by atoms with Crippen LogP contribution in [0.15, 0.2) is 11.1 Å². The first-order chi connectivity index (χ1) is 12.5. The fourth-order valence-electron chi connectivity index (χ4n) is 7.71. The van der Waals surface area contributed by atoms with Crippen LogP contribution >= 0.6 is 0 Å². The number of sulfonamides is 1. The van der Waals surface area contributed by atoms with E-state index < -0.39 is 10.0 Å². The fraction of sp³-hybridized carbons (Fsp3) is 0.913. The lowest BCUT2D eigenvalue weighted by Crippen LogP contribution is -2.50. The zero-order valence-corrected chi connectivity index (χ0v) is 18.8. The Morgan fingerprint density at radius 2 is 1.78 bits per heavy atom. The third kappa shape index (κ3) is 3.66. The number of rotatable bonds is 2. The van der Waals surface area contributed by atoms with E-state index in [0.29, 0.717) is 16.7 Å². The summed E-state index contributed by atoms with van der Waals surface area (Å²) in [6.45, 7) is 9.86. The molecule has 0 radical (unpaired) electrons. The Labute approximate surface area is 166 Å². The van der Waals surface area contributed by atoms with Gasteiger partial charge < -0.3 is 0 Å². The molecule has 1 N–H and O–H groups in total. The second-order valence-electron chi connectivity index (χ2n) is 11.4. The highest BCUT2D eigenvalue weighted by Gasteiger charge is 2.56. The average molecular weight is 394 g/mol. The van der Waals surface area contributed by atoms with Crippen LogP contribution < -0.4 is 4.72 Å². The van der Waals surface area contributed by atoms with E-state index in [0.717, 1.165) is 30.6 Å². The molecule has 154 valence electrons. The lowest BCUT2D eigenvalue weighted by Gasteiger charge is -2.54. The highest BCUT2D eigenvalue weighted by molar-refractivity contribution is 7.88. The SMILES string of the molecule is CC1=C2C[C@H]3[C@@H](CC[C@@H]4C[C@H](NS(C)(=O)=O)CC[C@@]43C)[C@@H]2CCC(C)(C)C1. The Morgan fingerprint density at radius 3 is 2.48 bits per heavy atom. The van der Waals surface area contributed by atoms with E-state index >= 15 is 0 Å². The maximum absolute atomic E-state index is 11.7. The van der Waals surface area contributed by atoms with Crippen LogP contribution in [0.1, 0.15) is 85.5 Å². The molecule has 0 aromatic heterocycles. The number of fused-ring (bicyclic) bond motifs is 5. The number of nitrogens with one attached hydrogen (secondary N) is 1. The van der Waals surface area contributed by atoms with Gasteiger partial charge >= 0.3 is 0 Å². The van der Waals surface area contributed by atoms with Gasteiger partial charge in [0.1, 0.15) is 0 Å². The minimum absolute atomic E-state index is 0.156. The molecular formula is C23H39NO2S. The summed E-state index contributed by atoms with van der Waals surface area (Å²) in [4.78, 5) is 0. The van der Waals surface area contributed by atoms with E-state index in [1.165, 1.54) is 51.2 Å². The van der Waals surface area contributed by atoms with Gasteiger partial charge in [-0.2, -0.15) is 0 Å². The molecule has 0 unspecified atom stereocenters. The number of hydrogen-bond acceptors (Lipinski definition) is 2. The van der Waals surface area contributed by atoms with Crippen molar-refractivity contribution < 1.29 is 8.42 Å². The highest BCUT2D eigenvalue weighted by Crippen LogP contribution is 2.64. The number of allylic oxidation sites excluding steroid dienone is 2. The summed E-state index contributed by atoms with van der Waals surface area (Å²) in [6, 6.07) is 0.156. The van der Waals surface area contributed by atoms with Crippen LogP contribution in [0.3, 0.4) is 0 Å². The zero-order valence-electron chi connectivity index (χ0n) is 18.0. The first kappa shape index (κ1) is 19.9. The highest BCUT2D eigenvalue weighted by atomic mass is 32.2. The van der Waals surface area contributed by atoms with E-state index in [9.17, 15) is 8.42 Å². The van der Waals surface area contributed by atoms with Gasteiger partial charge in [0.2, 0.25) is 10.0 Å². The summed E-state index contributed by atoms with van der Waals surface area (Å²) >= 11 is 0. The molecule has 4 aliphatic carbocycles. The van der Waals surface area contributed by atoms with Gasteiger partial charge in [0, 0.05) is 6.04 Å². The van der Waals surface area contributed by atoms with Crippen LogP contribution in [0.4, 0.5) is 0 Å². The molecule has 3 fully saturated rings. The molecule has 0 aromatic rings. The molecule has 0 aromatic carbocycles. The normalized spacial score (nSPS) is 44.3. The van der Waals surface area contributed by atoms with Gasteiger partial charge in [-0.1, -0.05) is 31.9 Å². The summed E-state index contributed by atoms with van der Waals surface area (Å²) in [6.07, 6.45) is 12.6. The van der Waals surface area contributed by atoms with Crippen molar-refractivity contribution in [1.29, 1.82) is 0 Å². The third-order valence-corrected chi connectivity index (χ3v) is 9.72. The van der Waals surface area contributed by atoms with E-state index in [1.54, 1.807) is 5.57 Å². The monoisotopic (exact) mass is 393 g/mol. The molecule has 0 bridgehead atoms. The molecule has 0 spiro atoms. The smallest absolute Gasteiger partial charge is 0.208 e. The first-order valence-corrected chi connectivity index (χ1v) is 13.0. The quantitative estimate of drug-likeness (QED) is 0.649. The maximum atomic E-state index is 11.7. The molecular weight excluding hydrogens is 354 g/mol. The van der Waals surface area contributed by atoms with Gasteiger partial charge in [-0.3, -0.25) is 0 Å². The predicted molar refractivity (Wildman–Crippen MR) is 112 cm³/mol. The Bertz CT molecular complexity index is 737. The zero-order chi connectivity index (χ0) is 19.6. The summed E-state index contributed by atoms with van der Waals surface area (Å²) in [5, 5.41) is 0. The molecule has 6 atom stereocenters. The van der Waals surface area contributed by atoms with Crippen LogP contribution in [-0.4, -0.2) is 20.7 Å². The van der Waals surface area contributed by atoms with E-state index in [2.05, 4.69) is 32.4 Å². The summed E-state index contributed by atoms with van der Waals surface area (Å²) in [7, 11) is -3.10. The van der Waals surface area contributed by atoms with Gasteiger partial charge in [0.15, 0.2) is 0 Å². The summed E-state index contributed by atoms with van der Waals surface area (Å²) in [5.74, 6) is 3.23. The van der Waals surface area contributed by atoms with Crippen molar-refractivity contribution >= 4 is 10.0 Å². The molecule has 3 nitrogen and oxygen atoms in total. The Kier molecular flexibility index (Phi) is 4.86. The van der Waals surface area contributed by atoms with Gasteiger partial charge in [-0.25, -0.2) is 13.1 Å². The van der Waals surface area contributed by atoms with Gasteiger partial charge in [0.05, 0.1) is 6.26 Å². The fourth-order valence-corrected chi connectivity index (χ4v) is 8.53. The van der Waals surface area contributed by atoms with Crippen LogP contribution in [-0.2, 0) is 10.0 Å². The average Bonchev–Trinajstić information content (AvgIpc) is 2.87. The lowest BCUT2D eigenvalue weighted by molar-refractivity contribution is -0.0371. The van der Waals surface area contributed by atoms with Gasteiger partial charge in [-0.05, 0) is 99.2 Å². The Balaban J connectivity index is 1.56. The molecule has 4 heteroatoms. The van der Waals surface area contributed by atoms with Crippen molar-refractivity contribution in [2.45, 2.75) is 91.5 Å². The van der Waals surface area contributed by atoms with Crippen LogP contribution in [0.2, 0.25) is 0 Å². The molecule has 0 aliphatic heterocycles. The standard InChI is InChI=1S/C23H39NO2S/c1-15-14-22(2,3)10-9-18-19-7-6-16-12-17(24-27(5,25)26)8-11-23(16,4)21(19)13-20(15)18/h16-19,21,24H,6-14H2,1-5H3/t16-,17-,18+,19+,21+,23+/m1/s1. The molecule has 3 saturated carbocycles. The van der Waals surface area contributed by atoms with Crippen molar-refractivity contribution in [3.8, 4) is 0 Å². The van der Waals surface area contributed by atoms with Crippen molar-refractivity contribution in [3.05, 3.63) is 11.1 Å². The minimum Gasteiger partial charge on any atom is -0.213 e. The third-order valence-electron chi connectivity index (χ3n) is 8.95. The largest absolute Gasteiger partial charge is 0.213 e. The van der Waals surface area contributed by atoms with Crippen molar-refractivity contribution in [1.82, 2.24) is 4.72 Å². The van der Waals surface area contributed by atoms with E-state index in [4.69, 9.17) is 0 Å². The molecule has 0 heterocycles. The topological polar surface area (TPSA) is 46.2 Å². The van der Waals surface area contributed by atoms with Crippen LogP contribution in [0, 0.1) is 34.5 Å². The second-order valence-corrected chi connectivity index (χ2v) is 13.2. The number of hydrogen-bond donors (Lipinski definition) is 1. The van der Waals surface area contributed by atoms with Crippen molar-refractivity contribution in [2.75, 3.05) is 6.26 Å². The molecule has 4 rings (SSSR count). The second kappa shape index (κ2) is 6.58.